The lowest BCUT2D eigenvalue weighted by molar-refractivity contribution is 0.0901. The summed E-state index contributed by atoms with van der Waals surface area (Å²) in [6.07, 6.45) is 1.64. The average molecular weight is 333 g/mol. The first kappa shape index (κ1) is 15.5. The number of alkyl halides is 1. The summed E-state index contributed by atoms with van der Waals surface area (Å²) in [6, 6.07) is 5.74. The molecule has 0 bridgehead atoms. The van der Waals surface area contributed by atoms with Gasteiger partial charge in [0.2, 0.25) is 0 Å². The lowest BCUT2D eigenvalue weighted by Gasteiger charge is -2.30. The van der Waals surface area contributed by atoms with Gasteiger partial charge in [0.25, 0.3) is 5.91 Å². The molecule has 18 heavy (non-hydrogen) atoms. The van der Waals surface area contributed by atoms with E-state index in [2.05, 4.69) is 21.2 Å². The number of halogens is 2. The second kappa shape index (κ2) is 6.58. The molecule has 100 valence electrons. The number of hydrogen-bond donors (Lipinski definition) is 1. The van der Waals surface area contributed by atoms with Gasteiger partial charge in [-0.3, -0.25) is 4.79 Å². The number of carbonyl (C=O) groups is 1. The molecule has 0 aromatic heterocycles. The first-order chi connectivity index (χ1) is 8.48. The van der Waals surface area contributed by atoms with Crippen molar-refractivity contribution in [2.24, 2.45) is 0 Å². The van der Waals surface area contributed by atoms with Crippen LogP contribution in [0.15, 0.2) is 22.7 Å². The number of amides is 1. The molecule has 2 nitrogen and oxygen atoms in total. The van der Waals surface area contributed by atoms with Crippen molar-refractivity contribution in [3.63, 3.8) is 0 Å². The summed E-state index contributed by atoms with van der Waals surface area (Å²) in [5.41, 5.74) is 1.40. The second-order valence-corrected chi connectivity index (χ2v) is 5.68. The van der Waals surface area contributed by atoms with Crippen molar-refractivity contribution in [2.75, 3.05) is 5.88 Å². The van der Waals surface area contributed by atoms with E-state index in [0.29, 0.717) is 11.4 Å². The molecule has 1 amide bonds. The van der Waals surface area contributed by atoms with Crippen LogP contribution in [0.4, 0.5) is 0 Å². The summed E-state index contributed by atoms with van der Waals surface area (Å²) < 4.78 is 0.807. The second-order valence-electron chi connectivity index (χ2n) is 4.56. The molecule has 4 heteroatoms. The maximum Gasteiger partial charge on any atom is 0.252 e. The Balaban J connectivity index is 2.97. The molecule has 1 aromatic carbocycles. The minimum absolute atomic E-state index is 0.0741. The van der Waals surface area contributed by atoms with Gasteiger partial charge in [-0.1, -0.05) is 25.5 Å². The van der Waals surface area contributed by atoms with Crippen LogP contribution in [0.1, 0.15) is 42.6 Å². The Morgan fingerprint density at radius 2 is 2.00 bits per heavy atom. The van der Waals surface area contributed by atoms with Crippen LogP contribution in [0.2, 0.25) is 0 Å². The minimum atomic E-state index is -0.318. The third kappa shape index (κ3) is 3.48. The van der Waals surface area contributed by atoms with E-state index in [-0.39, 0.29) is 11.4 Å². The van der Waals surface area contributed by atoms with Gasteiger partial charge in [-0.25, -0.2) is 0 Å². The molecule has 0 radical (unpaired) electrons. The third-order valence-corrected chi connectivity index (χ3v) is 4.56. The van der Waals surface area contributed by atoms with Gasteiger partial charge in [0.05, 0.1) is 11.1 Å². The van der Waals surface area contributed by atoms with E-state index in [0.717, 1.165) is 22.9 Å². The van der Waals surface area contributed by atoms with Gasteiger partial charge >= 0.3 is 0 Å². The lowest BCUT2D eigenvalue weighted by atomic mass is 9.94. The van der Waals surface area contributed by atoms with E-state index in [1.807, 2.05) is 39.0 Å². The number of rotatable bonds is 5. The van der Waals surface area contributed by atoms with Gasteiger partial charge in [-0.15, -0.1) is 11.6 Å². The number of hydrogen-bond acceptors (Lipinski definition) is 1. The molecular weight excluding hydrogens is 314 g/mol. The van der Waals surface area contributed by atoms with Gasteiger partial charge < -0.3 is 5.32 Å². The van der Waals surface area contributed by atoms with Crippen LogP contribution >= 0.6 is 27.5 Å². The van der Waals surface area contributed by atoms with Gasteiger partial charge in [0.1, 0.15) is 0 Å². The van der Waals surface area contributed by atoms with Gasteiger partial charge in [0, 0.05) is 10.4 Å². The Morgan fingerprint density at radius 3 is 2.50 bits per heavy atom. The quantitative estimate of drug-likeness (QED) is 0.801. The summed E-state index contributed by atoms with van der Waals surface area (Å²) >= 11 is 9.41. The molecule has 0 unspecified atom stereocenters. The standard InChI is InChI=1S/C14H19BrClNO/c1-4-14(5-2,9-16)17-13(18)11-8-10(3)6-7-12(11)15/h6-8H,4-5,9H2,1-3H3,(H,17,18). The van der Waals surface area contributed by atoms with E-state index >= 15 is 0 Å². The van der Waals surface area contributed by atoms with Crippen molar-refractivity contribution < 1.29 is 4.79 Å². The van der Waals surface area contributed by atoms with Crippen LogP contribution < -0.4 is 5.32 Å². The summed E-state index contributed by atoms with van der Waals surface area (Å²) in [6.45, 7) is 6.05. The molecule has 0 spiro atoms. The predicted molar refractivity (Wildman–Crippen MR) is 80.4 cm³/mol. The topological polar surface area (TPSA) is 29.1 Å². The average Bonchev–Trinajstić information content (AvgIpc) is 2.38. The summed E-state index contributed by atoms with van der Waals surface area (Å²) in [5.74, 6) is 0.352. The zero-order valence-electron chi connectivity index (χ0n) is 11.0. The highest BCUT2D eigenvalue weighted by Gasteiger charge is 2.28. The number of carbonyl (C=O) groups excluding carboxylic acids is 1. The molecule has 1 aromatic rings. The van der Waals surface area contributed by atoms with Crippen molar-refractivity contribution >= 4 is 33.4 Å². The SMILES string of the molecule is CCC(CC)(CCl)NC(=O)c1cc(C)ccc1Br. The Bertz CT molecular complexity index is 422. The van der Waals surface area contributed by atoms with Crippen molar-refractivity contribution in [1.29, 1.82) is 0 Å². The maximum atomic E-state index is 12.3. The van der Waals surface area contributed by atoms with Crippen LogP contribution in [0.25, 0.3) is 0 Å². The highest BCUT2D eigenvalue weighted by atomic mass is 79.9. The molecule has 0 aliphatic heterocycles. The zero-order chi connectivity index (χ0) is 13.8. The molecular formula is C14H19BrClNO. The van der Waals surface area contributed by atoms with E-state index in [4.69, 9.17) is 11.6 Å². The predicted octanol–water partition coefficient (Wildman–Crippen LogP) is 4.28. The van der Waals surface area contributed by atoms with Crippen molar-refractivity contribution in [1.82, 2.24) is 5.32 Å². The number of aryl methyl sites for hydroxylation is 1. The molecule has 0 saturated carbocycles. The van der Waals surface area contributed by atoms with Crippen LogP contribution in [-0.4, -0.2) is 17.3 Å². The summed E-state index contributed by atoms with van der Waals surface area (Å²) in [7, 11) is 0. The van der Waals surface area contributed by atoms with Crippen LogP contribution in [0, 0.1) is 6.92 Å². The van der Waals surface area contributed by atoms with Crippen LogP contribution in [0.5, 0.6) is 0 Å². The summed E-state index contributed by atoms with van der Waals surface area (Å²) in [5, 5.41) is 3.06. The number of nitrogens with one attached hydrogen (secondary N) is 1. The maximum absolute atomic E-state index is 12.3. The highest BCUT2D eigenvalue weighted by Crippen LogP contribution is 2.22. The fourth-order valence-corrected chi connectivity index (χ4v) is 2.64. The smallest absolute Gasteiger partial charge is 0.252 e. The molecule has 0 saturated heterocycles. The first-order valence-electron chi connectivity index (χ1n) is 6.12. The number of benzene rings is 1. The van der Waals surface area contributed by atoms with Gasteiger partial charge in [-0.2, -0.15) is 0 Å². The summed E-state index contributed by atoms with van der Waals surface area (Å²) in [4.78, 5) is 12.3. The molecule has 0 aliphatic carbocycles. The van der Waals surface area contributed by atoms with Crippen molar-refractivity contribution in [3.05, 3.63) is 33.8 Å². The lowest BCUT2D eigenvalue weighted by Crippen LogP contribution is -2.49. The molecule has 0 atom stereocenters. The highest BCUT2D eigenvalue weighted by molar-refractivity contribution is 9.10. The Kier molecular flexibility index (Phi) is 5.67. The molecule has 0 fully saturated rings. The minimum Gasteiger partial charge on any atom is -0.345 e. The third-order valence-electron chi connectivity index (χ3n) is 3.35. The fraction of sp³-hybridized carbons (Fsp3) is 0.500. The Labute approximate surface area is 122 Å². The van der Waals surface area contributed by atoms with E-state index < -0.39 is 0 Å². The molecule has 0 heterocycles. The van der Waals surface area contributed by atoms with Gasteiger partial charge in [0.15, 0.2) is 0 Å². The van der Waals surface area contributed by atoms with Gasteiger partial charge in [-0.05, 0) is 47.8 Å². The molecule has 1 rings (SSSR count). The first-order valence-corrected chi connectivity index (χ1v) is 7.45. The Morgan fingerprint density at radius 1 is 1.39 bits per heavy atom. The monoisotopic (exact) mass is 331 g/mol. The molecule has 1 N–H and O–H groups in total. The van der Waals surface area contributed by atoms with Crippen LogP contribution in [0.3, 0.4) is 0 Å². The normalized spacial score (nSPS) is 11.4. The van der Waals surface area contributed by atoms with E-state index in [1.165, 1.54) is 0 Å². The van der Waals surface area contributed by atoms with Crippen molar-refractivity contribution in [3.8, 4) is 0 Å². The van der Waals surface area contributed by atoms with E-state index in [1.54, 1.807) is 0 Å². The fourth-order valence-electron chi connectivity index (χ4n) is 1.77. The van der Waals surface area contributed by atoms with Crippen LogP contribution in [-0.2, 0) is 0 Å². The zero-order valence-corrected chi connectivity index (χ0v) is 13.4. The Hall–Kier alpha value is -0.540. The largest absolute Gasteiger partial charge is 0.345 e. The molecule has 0 aliphatic rings. The van der Waals surface area contributed by atoms with Crippen molar-refractivity contribution in [2.45, 2.75) is 39.2 Å². The van der Waals surface area contributed by atoms with E-state index in [9.17, 15) is 4.79 Å².